The summed E-state index contributed by atoms with van der Waals surface area (Å²) in [6.45, 7) is 9.75. The van der Waals surface area contributed by atoms with Gasteiger partial charge < -0.3 is 10.2 Å². The predicted molar refractivity (Wildman–Crippen MR) is 122 cm³/mol. The van der Waals surface area contributed by atoms with Gasteiger partial charge in [0.2, 0.25) is 11.8 Å². The van der Waals surface area contributed by atoms with Crippen LogP contribution >= 0.6 is 11.8 Å². The molecule has 0 aliphatic carbocycles. The number of rotatable bonds is 8. The van der Waals surface area contributed by atoms with Crippen molar-refractivity contribution in [3.8, 4) is 0 Å². The second kappa shape index (κ2) is 10.6. The molecule has 1 atom stereocenters. The average molecular weight is 431 g/mol. The lowest BCUT2D eigenvalue weighted by Gasteiger charge is -2.31. The topological polar surface area (TPSA) is 49.4 Å². The standard InChI is InChI=1S/C24H31FN2O2S/c1-17-8-6-7-9-20(17)15-30-16-22(28)27(14-19-10-12-21(25)13-11-19)18(2)23(29)26-24(3,4)5/h6-13,18H,14-16H2,1-5H3,(H,26,29)/t18-/m1/s1. The summed E-state index contributed by atoms with van der Waals surface area (Å²) in [5.74, 6) is 0.342. The smallest absolute Gasteiger partial charge is 0.242 e. The molecule has 0 fully saturated rings. The molecular formula is C24H31FN2O2S. The van der Waals surface area contributed by atoms with Crippen LogP contribution in [-0.4, -0.2) is 34.0 Å². The molecule has 0 bridgehead atoms. The largest absolute Gasteiger partial charge is 0.350 e. The molecule has 0 saturated heterocycles. The predicted octanol–water partition coefficient (Wildman–Crippen LogP) is 4.70. The Bertz CT molecular complexity index is 862. The molecule has 162 valence electrons. The molecule has 2 aromatic carbocycles. The van der Waals surface area contributed by atoms with E-state index in [1.165, 1.54) is 35.0 Å². The second-order valence-corrected chi connectivity index (χ2v) is 9.47. The van der Waals surface area contributed by atoms with Crippen molar-refractivity contribution in [2.45, 2.75) is 58.5 Å². The molecule has 0 aromatic heterocycles. The fourth-order valence-electron chi connectivity index (χ4n) is 2.95. The highest BCUT2D eigenvalue weighted by Gasteiger charge is 2.28. The zero-order valence-electron chi connectivity index (χ0n) is 18.4. The first kappa shape index (κ1) is 23.9. The van der Waals surface area contributed by atoms with Gasteiger partial charge in [-0.1, -0.05) is 36.4 Å². The third-order valence-electron chi connectivity index (χ3n) is 4.68. The van der Waals surface area contributed by atoms with Crippen molar-refractivity contribution in [2.24, 2.45) is 0 Å². The SMILES string of the molecule is Cc1ccccc1CSCC(=O)N(Cc1ccc(F)cc1)[C@H](C)C(=O)NC(C)(C)C. The number of thioether (sulfide) groups is 1. The van der Waals surface area contributed by atoms with E-state index in [9.17, 15) is 14.0 Å². The summed E-state index contributed by atoms with van der Waals surface area (Å²) < 4.78 is 13.3. The summed E-state index contributed by atoms with van der Waals surface area (Å²) in [4.78, 5) is 27.3. The van der Waals surface area contributed by atoms with Crippen LogP contribution in [0.25, 0.3) is 0 Å². The van der Waals surface area contributed by atoms with Gasteiger partial charge in [0.05, 0.1) is 5.75 Å². The van der Waals surface area contributed by atoms with Crippen LogP contribution in [0, 0.1) is 12.7 Å². The molecule has 0 heterocycles. The molecule has 2 amide bonds. The monoisotopic (exact) mass is 430 g/mol. The Balaban J connectivity index is 2.10. The van der Waals surface area contributed by atoms with Crippen LogP contribution < -0.4 is 5.32 Å². The molecule has 0 radical (unpaired) electrons. The van der Waals surface area contributed by atoms with Crippen LogP contribution in [0.5, 0.6) is 0 Å². The normalized spacial score (nSPS) is 12.3. The van der Waals surface area contributed by atoms with Crippen molar-refractivity contribution < 1.29 is 14.0 Å². The highest BCUT2D eigenvalue weighted by Crippen LogP contribution is 2.18. The van der Waals surface area contributed by atoms with E-state index in [0.717, 1.165) is 11.3 Å². The van der Waals surface area contributed by atoms with Crippen molar-refractivity contribution in [3.05, 3.63) is 71.0 Å². The molecule has 0 aliphatic rings. The highest BCUT2D eigenvalue weighted by molar-refractivity contribution is 7.99. The van der Waals surface area contributed by atoms with E-state index in [1.54, 1.807) is 24.0 Å². The van der Waals surface area contributed by atoms with E-state index in [1.807, 2.05) is 32.9 Å². The van der Waals surface area contributed by atoms with Gasteiger partial charge in [0.25, 0.3) is 0 Å². The third-order valence-corrected chi connectivity index (χ3v) is 5.64. The molecule has 6 heteroatoms. The first-order valence-corrected chi connectivity index (χ1v) is 11.2. The van der Waals surface area contributed by atoms with Gasteiger partial charge in [-0.25, -0.2) is 4.39 Å². The van der Waals surface area contributed by atoms with Crippen molar-refractivity contribution in [2.75, 3.05) is 5.75 Å². The Hall–Kier alpha value is -2.34. The minimum absolute atomic E-state index is 0.116. The summed E-state index contributed by atoms with van der Waals surface area (Å²) in [5, 5.41) is 2.94. The Morgan fingerprint density at radius 1 is 1.10 bits per heavy atom. The van der Waals surface area contributed by atoms with Crippen LogP contribution in [-0.2, 0) is 21.9 Å². The van der Waals surface area contributed by atoms with E-state index in [0.29, 0.717) is 0 Å². The minimum Gasteiger partial charge on any atom is -0.350 e. The third kappa shape index (κ3) is 7.48. The van der Waals surface area contributed by atoms with Gasteiger partial charge in [-0.2, -0.15) is 0 Å². The molecule has 0 spiro atoms. The first-order chi connectivity index (χ1) is 14.1. The maximum absolute atomic E-state index is 13.3. The molecule has 2 aromatic rings. The van der Waals surface area contributed by atoms with Gasteiger partial charge in [0.1, 0.15) is 11.9 Å². The number of nitrogens with zero attached hydrogens (tertiary/aromatic N) is 1. The fraction of sp³-hybridized carbons (Fsp3) is 0.417. The lowest BCUT2D eigenvalue weighted by Crippen LogP contribution is -2.52. The first-order valence-electron chi connectivity index (χ1n) is 10.0. The van der Waals surface area contributed by atoms with Crippen LogP contribution in [0.2, 0.25) is 0 Å². The molecule has 30 heavy (non-hydrogen) atoms. The number of benzene rings is 2. The van der Waals surface area contributed by atoms with E-state index in [-0.39, 0.29) is 29.9 Å². The van der Waals surface area contributed by atoms with Crippen molar-refractivity contribution >= 4 is 23.6 Å². The maximum Gasteiger partial charge on any atom is 0.242 e. The van der Waals surface area contributed by atoms with Gasteiger partial charge in [-0.3, -0.25) is 9.59 Å². The number of nitrogens with one attached hydrogen (secondary N) is 1. The van der Waals surface area contributed by atoms with Crippen LogP contribution in [0.1, 0.15) is 44.4 Å². The molecule has 0 unspecified atom stereocenters. The second-order valence-electron chi connectivity index (χ2n) is 8.48. The lowest BCUT2D eigenvalue weighted by molar-refractivity contribution is -0.139. The number of carbonyl (C=O) groups excluding carboxylic acids is 2. The van der Waals surface area contributed by atoms with Gasteiger partial charge in [0.15, 0.2) is 0 Å². The highest BCUT2D eigenvalue weighted by atomic mass is 32.2. The number of hydrogen-bond donors (Lipinski definition) is 1. The van der Waals surface area contributed by atoms with Crippen molar-refractivity contribution in [3.63, 3.8) is 0 Å². The summed E-state index contributed by atoms with van der Waals surface area (Å²) in [5.41, 5.74) is 2.77. The number of halogens is 1. The maximum atomic E-state index is 13.3. The van der Waals surface area contributed by atoms with E-state index < -0.39 is 11.6 Å². The van der Waals surface area contributed by atoms with Gasteiger partial charge in [-0.15, -0.1) is 11.8 Å². The molecule has 4 nitrogen and oxygen atoms in total. The number of hydrogen-bond acceptors (Lipinski definition) is 3. The number of aryl methyl sites for hydroxylation is 1. The summed E-state index contributed by atoms with van der Waals surface area (Å²) in [7, 11) is 0. The van der Waals surface area contributed by atoms with Gasteiger partial charge >= 0.3 is 0 Å². The average Bonchev–Trinajstić information content (AvgIpc) is 2.67. The van der Waals surface area contributed by atoms with Gasteiger partial charge in [0, 0.05) is 17.8 Å². The lowest BCUT2D eigenvalue weighted by atomic mass is 10.1. The van der Waals surface area contributed by atoms with E-state index in [4.69, 9.17) is 0 Å². The molecule has 0 aliphatic heterocycles. The Morgan fingerprint density at radius 3 is 2.33 bits per heavy atom. The Kier molecular flexibility index (Phi) is 8.47. The fourth-order valence-corrected chi connectivity index (χ4v) is 3.93. The summed E-state index contributed by atoms with van der Waals surface area (Å²) in [6.07, 6.45) is 0. The Morgan fingerprint density at radius 2 is 1.73 bits per heavy atom. The Labute approximate surface area is 183 Å². The quantitative estimate of drug-likeness (QED) is 0.660. The minimum atomic E-state index is -0.638. The molecule has 1 N–H and O–H groups in total. The van der Waals surface area contributed by atoms with Gasteiger partial charge in [-0.05, 0) is 63.4 Å². The van der Waals surface area contributed by atoms with Crippen LogP contribution in [0.15, 0.2) is 48.5 Å². The van der Waals surface area contributed by atoms with E-state index >= 15 is 0 Å². The number of carbonyl (C=O) groups is 2. The summed E-state index contributed by atoms with van der Waals surface area (Å²) >= 11 is 1.53. The summed E-state index contributed by atoms with van der Waals surface area (Å²) in [6, 6.07) is 13.5. The molecular weight excluding hydrogens is 399 g/mol. The van der Waals surface area contributed by atoms with Crippen molar-refractivity contribution in [1.82, 2.24) is 10.2 Å². The van der Waals surface area contributed by atoms with Crippen LogP contribution in [0.3, 0.4) is 0 Å². The van der Waals surface area contributed by atoms with Crippen molar-refractivity contribution in [1.29, 1.82) is 0 Å². The zero-order valence-corrected chi connectivity index (χ0v) is 19.2. The molecule has 2 rings (SSSR count). The van der Waals surface area contributed by atoms with Crippen LogP contribution in [0.4, 0.5) is 4.39 Å². The van der Waals surface area contributed by atoms with E-state index in [2.05, 4.69) is 24.4 Å². The molecule has 0 saturated carbocycles. The number of amides is 2. The zero-order chi connectivity index (χ0) is 22.3.